The third-order valence-corrected chi connectivity index (χ3v) is 8.65. The van der Waals surface area contributed by atoms with Crippen LogP contribution in [-0.4, -0.2) is 70.2 Å². The van der Waals surface area contributed by atoms with E-state index in [4.69, 9.17) is 42.1 Å². The number of aromatic nitrogens is 2. The van der Waals surface area contributed by atoms with E-state index in [1.807, 2.05) is 48.5 Å². The summed E-state index contributed by atoms with van der Waals surface area (Å²) in [7, 11) is 2.97. The summed E-state index contributed by atoms with van der Waals surface area (Å²) in [6.07, 6.45) is -1.35. The van der Waals surface area contributed by atoms with E-state index in [0.29, 0.717) is 11.5 Å². The van der Waals surface area contributed by atoms with Crippen molar-refractivity contribution in [2.24, 2.45) is 0 Å². The molecule has 0 aliphatic rings. The molecule has 15 nitrogen and oxygen atoms in total. The summed E-state index contributed by atoms with van der Waals surface area (Å²) < 4.78 is 21.9. The summed E-state index contributed by atoms with van der Waals surface area (Å²) >= 11 is 9.53. The standard InChI is InChI=1S/C46H46N6O8.CH2Cl2.H2O/c1-45(2,3)59-43(55)51-38-19-11-17-36(47-38)49-41(53)32-25-28(21-23-34(32)57-7)30-15-9-13-27-14-10-16-31(40(27)30)29-22-24-35(58-8)33(26-29)42(54)50-37-18-12-20-39(48-37)52-44(56)60-46(4,5)6;2-1-3;/h9-26H,1-8H3,(H2,47,49,51,53,55)(H2,48,50,52,54,56);1H2;1H2. The number of anilines is 4. The van der Waals surface area contributed by atoms with Gasteiger partial charge < -0.3 is 35.1 Å². The molecule has 0 atom stereocenters. The zero-order chi connectivity index (χ0) is 45.9. The summed E-state index contributed by atoms with van der Waals surface area (Å²) in [5.41, 5.74) is 2.19. The third-order valence-electron chi connectivity index (χ3n) is 8.65. The average molecular weight is 914 g/mol. The van der Waals surface area contributed by atoms with E-state index in [0.717, 1.165) is 33.0 Å². The van der Waals surface area contributed by atoms with Gasteiger partial charge in [-0.15, -0.1) is 23.2 Å². The van der Waals surface area contributed by atoms with E-state index in [9.17, 15) is 19.2 Å². The van der Waals surface area contributed by atoms with Crippen LogP contribution in [0.2, 0.25) is 0 Å². The Bertz CT molecular complexity index is 2460. The van der Waals surface area contributed by atoms with Crippen LogP contribution in [0.5, 0.6) is 11.5 Å². The molecule has 6 rings (SSSR count). The topological polar surface area (TPSA) is 211 Å². The van der Waals surface area contributed by atoms with Gasteiger partial charge in [-0.25, -0.2) is 19.6 Å². The van der Waals surface area contributed by atoms with Crippen LogP contribution in [0.15, 0.2) is 109 Å². The summed E-state index contributed by atoms with van der Waals surface area (Å²) in [6, 6.07) is 32.1. The van der Waals surface area contributed by atoms with Crippen molar-refractivity contribution in [3.8, 4) is 33.8 Å². The zero-order valence-corrected chi connectivity index (χ0v) is 38.0. The summed E-state index contributed by atoms with van der Waals surface area (Å²) in [5.74, 6) is 0.511. The van der Waals surface area contributed by atoms with Gasteiger partial charge in [-0.3, -0.25) is 20.2 Å². The summed E-state index contributed by atoms with van der Waals surface area (Å²) in [5, 5.41) is 12.8. The molecule has 336 valence electrons. The van der Waals surface area contributed by atoms with Gasteiger partial charge in [0.25, 0.3) is 11.8 Å². The maximum atomic E-state index is 13.8. The number of hydrogen-bond donors (Lipinski definition) is 4. The number of hydrogen-bond acceptors (Lipinski definition) is 10. The number of fused-ring (bicyclic) bond motifs is 1. The lowest BCUT2D eigenvalue weighted by Gasteiger charge is -2.19. The molecule has 6 aromatic rings. The van der Waals surface area contributed by atoms with Gasteiger partial charge in [-0.05, 0) is 123 Å². The number of ether oxygens (including phenoxy) is 4. The van der Waals surface area contributed by atoms with E-state index < -0.39 is 35.2 Å². The van der Waals surface area contributed by atoms with Crippen molar-refractivity contribution in [3.63, 3.8) is 0 Å². The highest BCUT2D eigenvalue weighted by Crippen LogP contribution is 2.39. The first-order chi connectivity index (χ1) is 29.9. The minimum Gasteiger partial charge on any atom is -0.496 e. The fourth-order valence-corrected chi connectivity index (χ4v) is 6.26. The molecule has 0 fully saturated rings. The van der Waals surface area contributed by atoms with Crippen molar-refractivity contribution in [3.05, 3.63) is 120 Å². The van der Waals surface area contributed by atoms with Crippen LogP contribution >= 0.6 is 23.2 Å². The van der Waals surface area contributed by atoms with E-state index in [1.165, 1.54) is 14.2 Å². The molecule has 0 spiro atoms. The largest absolute Gasteiger partial charge is 0.496 e. The SMILES string of the molecule is COc1ccc(-c2cccc3cccc(-c4ccc(OC)c(C(=O)Nc5cccc(NC(=O)OC(C)(C)C)n5)c4)c23)cc1C(=O)Nc1cccc(NC(=O)OC(C)(C)C)n1.ClCCl.O. The molecule has 0 saturated heterocycles. The number of nitrogens with zero attached hydrogens (tertiary/aromatic N) is 2. The average Bonchev–Trinajstić information content (AvgIpc) is 3.22. The highest BCUT2D eigenvalue weighted by Gasteiger charge is 2.21. The van der Waals surface area contributed by atoms with Crippen molar-refractivity contribution < 1.29 is 43.6 Å². The second kappa shape index (κ2) is 21.9. The second-order valence-electron chi connectivity index (χ2n) is 15.6. The molecule has 0 bridgehead atoms. The normalized spacial score (nSPS) is 10.8. The minimum atomic E-state index is -0.701. The van der Waals surface area contributed by atoms with Gasteiger partial charge in [0.2, 0.25) is 0 Å². The molecule has 2 aromatic heterocycles. The van der Waals surface area contributed by atoms with Crippen molar-refractivity contribution >= 4 is 81.2 Å². The van der Waals surface area contributed by atoms with Crippen LogP contribution in [0, 0.1) is 0 Å². The van der Waals surface area contributed by atoms with Gasteiger partial charge in [0, 0.05) is 0 Å². The van der Waals surface area contributed by atoms with Gasteiger partial charge in [-0.2, -0.15) is 0 Å². The van der Waals surface area contributed by atoms with Crippen molar-refractivity contribution in [1.82, 2.24) is 9.97 Å². The fraction of sp³-hybridized carbons (Fsp3) is 0.234. The molecule has 0 unspecified atom stereocenters. The predicted octanol–water partition coefficient (Wildman–Crippen LogP) is 10.8. The molecule has 17 heteroatoms. The van der Waals surface area contributed by atoms with Gasteiger partial charge >= 0.3 is 12.2 Å². The number of halogens is 2. The van der Waals surface area contributed by atoms with E-state index in [2.05, 4.69) is 31.2 Å². The molecule has 0 aliphatic carbocycles. The van der Waals surface area contributed by atoms with Crippen LogP contribution in [0.3, 0.4) is 0 Å². The molecule has 4 amide bonds. The fourth-order valence-electron chi connectivity index (χ4n) is 6.26. The molecule has 64 heavy (non-hydrogen) atoms. The first-order valence-electron chi connectivity index (χ1n) is 19.5. The van der Waals surface area contributed by atoms with Crippen molar-refractivity contribution in [1.29, 1.82) is 0 Å². The van der Waals surface area contributed by atoms with E-state index in [1.54, 1.807) is 102 Å². The summed E-state index contributed by atoms with van der Waals surface area (Å²) in [4.78, 5) is 61.1. The Balaban J connectivity index is 0.00000218. The van der Waals surface area contributed by atoms with Gasteiger partial charge in [0.05, 0.1) is 30.7 Å². The Kier molecular flexibility index (Phi) is 17.0. The highest BCUT2D eigenvalue weighted by molar-refractivity contribution is 6.40. The number of rotatable bonds is 10. The molecular weight excluding hydrogens is 863 g/mol. The van der Waals surface area contributed by atoms with Crippen molar-refractivity contribution in [2.75, 3.05) is 40.8 Å². The molecular formula is C47H50Cl2N6O9. The number of carbonyl (C=O) groups is 4. The third kappa shape index (κ3) is 13.5. The van der Waals surface area contributed by atoms with Crippen LogP contribution < -0.4 is 30.7 Å². The first kappa shape index (κ1) is 49.7. The smallest absolute Gasteiger partial charge is 0.413 e. The number of pyridine rings is 2. The number of methoxy groups -OCH3 is 2. The Morgan fingerprint density at radius 1 is 0.531 bits per heavy atom. The predicted molar refractivity (Wildman–Crippen MR) is 252 cm³/mol. The summed E-state index contributed by atoms with van der Waals surface area (Å²) in [6.45, 7) is 10.5. The molecule has 2 heterocycles. The van der Waals surface area contributed by atoms with Gasteiger partial charge in [-0.1, -0.05) is 60.7 Å². The van der Waals surface area contributed by atoms with Crippen LogP contribution in [-0.2, 0) is 9.47 Å². The van der Waals surface area contributed by atoms with Crippen LogP contribution in [0.25, 0.3) is 33.0 Å². The van der Waals surface area contributed by atoms with Gasteiger partial charge in [0.1, 0.15) is 46.0 Å². The van der Waals surface area contributed by atoms with Crippen molar-refractivity contribution in [2.45, 2.75) is 52.7 Å². The number of alkyl halides is 2. The monoisotopic (exact) mass is 912 g/mol. The van der Waals surface area contributed by atoms with Crippen LogP contribution in [0.4, 0.5) is 32.9 Å². The molecule has 0 aliphatic heterocycles. The van der Waals surface area contributed by atoms with Crippen LogP contribution in [0.1, 0.15) is 62.3 Å². The molecule has 0 radical (unpaired) electrons. The Labute approximate surface area is 381 Å². The second-order valence-corrected chi connectivity index (χ2v) is 16.4. The molecule has 4 aromatic carbocycles. The number of nitrogens with one attached hydrogen (secondary N) is 4. The number of benzene rings is 4. The maximum Gasteiger partial charge on any atom is 0.413 e. The molecule has 6 N–H and O–H groups in total. The minimum absolute atomic E-state index is 0. The number of amides is 4. The number of carbonyl (C=O) groups excluding carboxylic acids is 4. The van der Waals surface area contributed by atoms with E-state index in [-0.39, 0.29) is 45.2 Å². The lowest BCUT2D eigenvalue weighted by atomic mass is 9.90. The van der Waals surface area contributed by atoms with E-state index >= 15 is 0 Å². The zero-order valence-electron chi connectivity index (χ0n) is 36.5. The van der Waals surface area contributed by atoms with Gasteiger partial charge in [0.15, 0.2) is 0 Å². The Morgan fingerprint density at radius 2 is 0.875 bits per heavy atom. The Morgan fingerprint density at radius 3 is 1.22 bits per heavy atom. The maximum absolute atomic E-state index is 13.8. The highest BCUT2D eigenvalue weighted by atomic mass is 35.5. The quantitative estimate of drug-likeness (QED) is 0.0955. The molecule has 0 saturated carbocycles. The first-order valence-corrected chi connectivity index (χ1v) is 20.6. The lowest BCUT2D eigenvalue weighted by molar-refractivity contribution is 0.0624. The lowest BCUT2D eigenvalue weighted by Crippen LogP contribution is -2.27. The Hall–Kier alpha value is -6.94.